The molecule has 74 valence electrons. The zero-order valence-electron chi connectivity index (χ0n) is 7.90. The van der Waals surface area contributed by atoms with Crippen LogP contribution in [-0.2, 0) is 9.53 Å². The largest absolute Gasteiger partial charge is 0.459 e. The van der Waals surface area contributed by atoms with Gasteiger partial charge in [0.25, 0.3) is 0 Å². The first-order valence-electron chi connectivity index (χ1n) is 4.72. The number of allylic oxidation sites excluding steroid dienone is 1. The fourth-order valence-corrected chi connectivity index (χ4v) is 1.69. The van der Waals surface area contributed by atoms with Crippen LogP contribution in [0, 0.1) is 5.92 Å². The van der Waals surface area contributed by atoms with Crippen LogP contribution in [0.4, 0.5) is 0 Å². The Morgan fingerprint density at radius 1 is 1.62 bits per heavy atom. The van der Waals surface area contributed by atoms with Gasteiger partial charge in [-0.25, -0.2) is 4.79 Å². The Bertz CT molecular complexity index is 198. The zero-order valence-corrected chi connectivity index (χ0v) is 7.90. The van der Waals surface area contributed by atoms with Crippen LogP contribution in [0.25, 0.3) is 0 Å². The predicted octanol–water partition coefficient (Wildman–Crippen LogP) is 1.27. The standard InChI is InChI=1S/C10H16O3/c1-2-4-10(12)13-9-6-3-5-8(9)7-11/h2,4,8-9,11H,3,5-7H2,1H3/b4-2+/t8-,9+/m0/s1. The van der Waals surface area contributed by atoms with Gasteiger partial charge in [-0.2, -0.15) is 0 Å². The first-order valence-corrected chi connectivity index (χ1v) is 4.72. The van der Waals surface area contributed by atoms with Gasteiger partial charge in [-0.3, -0.25) is 0 Å². The lowest BCUT2D eigenvalue weighted by atomic mass is 10.1. The highest BCUT2D eigenvalue weighted by Gasteiger charge is 2.29. The van der Waals surface area contributed by atoms with E-state index in [-0.39, 0.29) is 24.6 Å². The van der Waals surface area contributed by atoms with Crippen molar-refractivity contribution in [3.8, 4) is 0 Å². The van der Waals surface area contributed by atoms with Crippen LogP contribution < -0.4 is 0 Å². The summed E-state index contributed by atoms with van der Waals surface area (Å²) in [5.74, 6) is -0.151. The Kier molecular flexibility index (Phi) is 3.96. The normalized spacial score (nSPS) is 28.2. The Labute approximate surface area is 78.4 Å². The van der Waals surface area contributed by atoms with Gasteiger partial charge in [0.1, 0.15) is 6.10 Å². The molecule has 0 heterocycles. The SMILES string of the molecule is C/C=C/C(=O)O[C@@H]1CCC[C@H]1CO. The van der Waals surface area contributed by atoms with Gasteiger partial charge < -0.3 is 9.84 Å². The van der Waals surface area contributed by atoms with Gasteiger partial charge >= 0.3 is 5.97 Å². The molecular weight excluding hydrogens is 168 g/mol. The number of aliphatic hydroxyl groups is 1. The van der Waals surface area contributed by atoms with Gasteiger partial charge in [-0.15, -0.1) is 0 Å². The monoisotopic (exact) mass is 184 g/mol. The lowest BCUT2D eigenvalue weighted by Gasteiger charge is -2.16. The van der Waals surface area contributed by atoms with Crippen LogP contribution in [0.3, 0.4) is 0 Å². The number of ether oxygens (including phenoxy) is 1. The summed E-state index contributed by atoms with van der Waals surface area (Å²) < 4.78 is 5.17. The molecule has 1 rings (SSSR count). The van der Waals surface area contributed by atoms with Gasteiger partial charge in [0.2, 0.25) is 0 Å². The Balaban J connectivity index is 2.39. The van der Waals surface area contributed by atoms with E-state index in [1.165, 1.54) is 6.08 Å². The average molecular weight is 184 g/mol. The molecule has 1 aliphatic carbocycles. The highest BCUT2D eigenvalue weighted by Crippen LogP contribution is 2.27. The molecule has 13 heavy (non-hydrogen) atoms. The van der Waals surface area contributed by atoms with Crippen LogP contribution in [0.5, 0.6) is 0 Å². The van der Waals surface area contributed by atoms with Crippen molar-refractivity contribution in [2.24, 2.45) is 5.92 Å². The molecule has 0 aliphatic heterocycles. The van der Waals surface area contributed by atoms with Crippen molar-refractivity contribution in [1.29, 1.82) is 0 Å². The van der Waals surface area contributed by atoms with E-state index in [1.807, 2.05) is 0 Å². The molecule has 1 aliphatic rings. The van der Waals surface area contributed by atoms with E-state index in [0.29, 0.717) is 0 Å². The minimum Gasteiger partial charge on any atom is -0.459 e. The van der Waals surface area contributed by atoms with E-state index in [4.69, 9.17) is 9.84 Å². The lowest BCUT2D eigenvalue weighted by Crippen LogP contribution is -2.23. The van der Waals surface area contributed by atoms with Crippen molar-refractivity contribution in [2.75, 3.05) is 6.61 Å². The predicted molar refractivity (Wildman–Crippen MR) is 49.1 cm³/mol. The Morgan fingerprint density at radius 3 is 3.00 bits per heavy atom. The second-order valence-corrected chi connectivity index (χ2v) is 3.35. The molecule has 0 unspecified atom stereocenters. The van der Waals surface area contributed by atoms with E-state index in [1.54, 1.807) is 13.0 Å². The first-order chi connectivity index (χ1) is 6.27. The molecule has 0 radical (unpaired) electrons. The molecule has 0 saturated heterocycles. The summed E-state index contributed by atoms with van der Waals surface area (Å²) in [6.07, 6.45) is 5.88. The van der Waals surface area contributed by atoms with Crippen molar-refractivity contribution < 1.29 is 14.6 Å². The average Bonchev–Trinajstić information content (AvgIpc) is 2.52. The van der Waals surface area contributed by atoms with Crippen molar-refractivity contribution >= 4 is 5.97 Å². The zero-order chi connectivity index (χ0) is 9.68. The molecular formula is C10H16O3. The molecule has 0 amide bonds. The lowest BCUT2D eigenvalue weighted by molar-refractivity contribution is -0.145. The quantitative estimate of drug-likeness (QED) is 0.530. The molecule has 0 spiro atoms. The van der Waals surface area contributed by atoms with Crippen molar-refractivity contribution in [1.82, 2.24) is 0 Å². The van der Waals surface area contributed by atoms with Crippen molar-refractivity contribution in [3.05, 3.63) is 12.2 Å². The summed E-state index contributed by atoms with van der Waals surface area (Å²) >= 11 is 0. The summed E-state index contributed by atoms with van der Waals surface area (Å²) in [5, 5.41) is 8.97. The van der Waals surface area contributed by atoms with E-state index < -0.39 is 0 Å². The number of esters is 1. The smallest absolute Gasteiger partial charge is 0.330 e. The third-order valence-corrected chi connectivity index (χ3v) is 2.39. The summed E-state index contributed by atoms with van der Waals surface area (Å²) in [4.78, 5) is 11.1. The molecule has 0 aromatic heterocycles. The minimum atomic E-state index is -0.298. The fourth-order valence-electron chi connectivity index (χ4n) is 1.69. The van der Waals surface area contributed by atoms with Crippen molar-refractivity contribution in [2.45, 2.75) is 32.3 Å². The summed E-state index contributed by atoms with van der Waals surface area (Å²) in [7, 11) is 0. The van der Waals surface area contributed by atoms with Gasteiger partial charge in [0.05, 0.1) is 0 Å². The van der Waals surface area contributed by atoms with Crippen LogP contribution in [-0.4, -0.2) is 23.8 Å². The fraction of sp³-hybridized carbons (Fsp3) is 0.700. The molecule has 1 saturated carbocycles. The second-order valence-electron chi connectivity index (χ2n) is 3.35. The van der Waals surface area contributed by atoms with Gasteiger partial charge in [0, 0.05) is 18.6 Å². The maximum absolute atomic E-state index is 11.1. The number of hydrogen-bond donors (Lipinski definition) is 1. The van der Waals surface area contributed by atoms with E-state index in [9.17, 15) is 4.79 Å². The molecule has 0 bridgehead atoms. The van der Waals surface area contributed by atoms with Crippen LogP contribution in [0.1, 0.15) is 26.2 Å². The Hall–Kier alpha value is -0.830. The van der Waals surface area contributed by atoms with Crippen LogP contribution >= 0.6 is 0 Å². The van der Waals surface area contributed by atoms with E-state index in [0.717, 1.165) is 19.3 Å². The van der Waals surface area contributed by atoms with Gasteiger partial charge in [-0.05, 0) is 26.2 Å². The third-order valence-electron chi connectivity index (χ3n) is 2.39. The number of rotatable bonds is 3. The number of hydrogen-bond acceptors (Lipinski definition) is 3. The molecule has 0 aromatic carbocycles. The molecule has 2 atom stereocenters. The molecule has 0 aromatic rings. The summed E-state index contributed by atoms with van der Waals surface area (Å²) in [6.45, 7) is 1.90. The highest BCUT2D eigenvalue weighted by molar-refractivity contribution is 5.81. The van der Waals surface area contributed by atoms with Crippen LogP contribution in [0.2, 0.25) is 0 Å². The molecule has 1 N–H and O–H groups in total. The topological polar surface area (TPSA) is 46.5 Å². The van der Waals surface area contributed by atoms with Gasteiger partial charge in [-0.1, -0.05) is 6.08 Å². The van der Waals surface area contributed by atoms with E-state index in [2.05, 4.69) is 0 Å². The molecule has 3 nitrogen and oxygen atoms in total. The number of carbonyl (C=O) groups is 1. The maximum atomic E-state index is 11.1. The molecule has 3 heteroatoms. The summed E-state index contributed by atoms with van der Waals surface area (Å²) in [6, 6.07) is 0. The maximum Gasteiger partial charge on any atom is 0.330 e. The second kappa shape index (κ2) is 5.02. The molecule has 1 fully saturated rings. The van der Waals surface area contributed by atoms with Crippen LogP contribution in [0.15, 0.2) is 12.2 Å². The first kappa shape index (κ1) is 10.3. The minimum absolute atomic E-state index is 0.0753. The van der Waals surface area contributed by atoms with E-state index >= 15 is 0 Å². The van der Waals surface area contributed by atoms with Crippen molar-refractivity contribution in [3.63, 3.8) is 0 Å². The third kappa shape index (κ3) is 2.84. The number of carbonyl (C=O) groups excluding carboxylic acids is 1. The van der Waals surface area contributed by atoms with Gasteiger partial charge in [0.15, 0.2) is 0 Å². The Morgan fingerprint density at radius 2 is 2.38 bits per heavy atom. The number of aliphatic hydroxyl groups excluding tert-OH is 1. The highest BCUT2D eigenvalue weighted by atomic mass is 16.5. The summed E-state index contributed by atoms with van der Waals surface area (Å²) in [5.41, 5.74) is 0.